The Hall–Kier alpha value is -1.90. The smallest absolute Gasteiger partial charge is 0.166 e. The molecule has 0 aromatic heterocycles. The number of nitrogens with zero attached hydrogens (tertiary/aromatic N) is 1. The van der Waals surface area contributed by atoms with Crippen molar-refractivity contribution in [1.29, 1.82) is 0 Å². The summed E-state index contributed by atoms with van der Waals surface area (Å²) in [6.07, 6.45) is 5.07. The highest BCUT2D eigenvalue weighted by Gasteiger charge is 2.86. The van der Waals surface area contributed by atoms with Crippen LogP contribution in [0.3, 0.4) is 0 Å². The lowest BCUT2D eigenvalue weighted by Crippen LogP contribution is -2.83. The Morgan fingerprint density at radius 3 is 2.77 bits per heavy atom. The van der Waals surface area contributed by atoms with Crippen LogP contribution in [0.4, 0.5) is 0 Å². The molecule has 0 unspecified atom stereocenters. The second kappa shape index (κ2) is 5.18. The molecule has 7 nitrogen and oxygen atoms in total. The first-order valence-electron chi connectivity index (χ1n) is 10.9. The van der Waals surface area contributed by atoms with Crippen LogP contribution in [0.15, 0.2) is 24.3 Å². The first-order chi connectivity index (χ1) is 14.8. The second-order valence-electron chi connectivity index (χ2n) is 10.0. The molecule has 4 aliphatic carbocycles. The minimum atomic E-state index is -3.64. The van der Waals surface area contributed by atoms with E-state index >= 15 is 0 Å². The fourth-order valence-corrected chi connectivity index (χ4v) is 11.1. The number of benzene rings is 1. The molecule has 3 aliphatic heterocycles. The van der Waals surface area contributed by atoms with Gasteiger partial charge in [0.2, 0.25) is 0 Å². The number of hydrogen-bond acceptors (Lipinski definition) is 7. The van der Waals surface area contributed by atoms with Crippen LogP contribution in [0.25, 0.3) is 0 Å². The van der Waals surface area contributed by atoms with Crippen LogP contribution >= 0.6 is 0 Å². The number of carbonyl (C=O) groups is 1. The Bertz CT molecular complexity index is 1210. The summed E-state index contributed by atoms with van der Waals surface area (Å²) in [6.45, 7) is 0.835. The number of likely N-dealkylation sites (N-methyl/N-ethyl adjacent to an activating group) is 1. The molecule has 2 saturated heterocycles. The lowest BCUT2D eigenvalue weighted by Gasteiger charge is -2.71. The largest absolute Gasteiger partial charge is 0.493 e. The van der Waals surface area contributed by atoms with E-state index in [1.54, 1.807) is 14.2 Å². The summed E-state index contributed by atoms with van der Waals surface area (Å²) >= 11 is 0. The molecule has 1 aromatic carbocycles. The van der Waals surface area contributed by atoms with Crippen LogP contribution in [0.5, 0.6) is 11.5 Å². The molecule has 8 rings (SSSR count). The summed E-state index contributed by atoms with van der Waals surface area (Å²) in [5.74, 6) is -0.0502. The van der Waals surface area contributed by atoms with Gasteiger partial charge in [-0.05, 0) is 38.1 Å². The third kappa shape index (κ3) is 1.61. The lowest BCUT2D eigenvalue weighted by atomic mass is 9.36. The van der Waals surface area contributed by atoms with Crippen molar-refractivity contribution in [3.8, 4) is 11.5 Å². The standard InChI is InChI=1S/C23H25NO6S/c1-24-9-8-22-16-12-4-5-14(28-2)18(16)30-20(22)23(29-3)7-6-21(22,15(24)10-12)19-17(23)13(25)11-31(19,26)27/h4-7,15,17,19-20H,8-11H2,1-3H3/t15-,17+,19-,20-,21+,22+,23-/m1/s1. The minimum absolute atomic E-state index is 0.0289. The van der Waals surface area contributed by atoms with Crippen LogP contribution in [-0.4, -0.2) is 75.7 Å². The van der Waals surface area contributed by atoms with E-state index in [1.165, 1.54) is 5.56 Å². The zero-order chi connectivity index (χ0) is 21.6. The Kier molecular flexibility index (Phi) is 3.12. The lowest BCUT2D eigenvalue weighted by molar-refractivity contribution is -0.207. The third-order valence-electron chi connectivity index (χ3n) is 9.41. The zero-order valence-corrected chi connectivity index (χ0v) is 18.6. The summed E-state index contributed by atoms with van der Waals surface area (Å²) in [6, 6.07) is 4.01. The molecule has 3 heterocycles. The van der Waals surface area contributed by atoms with Crippen molar-refractivity contribution in [3.05, 3.63) is 35.4 Å². The molecule has 8 heteroatoms. The van der Waals surface area contributed by atoms with Gasteiger partial charge in [0.15, 0.2) is 27.1 Å². The predicted molar refractivity (Wildman–Crippen MR) is 111 cm³/mol. The highest BCUT2D eigenvalue weighted by molar-refractivity contribution is 7.93. The second-order valence-corrected chi connectivity index (χ2v) is 12.2. The van der Waals surface area contributed by atoms with E-state index in [1.807, 2.05) is 12.1 Å². The normalized spacial score (nSPS) is 47.1. The number of hydrogen-bond donors (Lipinski definition) is 0. The number of ether oxygens (including phenoxy) is 3. The molecular formula is C23H25NO6S. The summed E-state index contributed by atoms with van der Waals surface area (Å²) in [5, 5.41) is -0.796. The maximum Gasteiger partial charge on any atom is 0.166 e. The van der Waals surface area contributed by atoms with Gasteiger partial charge in [-0.3, -0.25) is 4.79 Å². The van der Waals surface area contributed by atoms with E-state index in [2.05, 4.69) is 24.1 Å². The van der Waals surface area contributed by atoms with Crippen molar-refractivity contribution in [2.75, 3.05) is 33.6 Å². The van der Waals surface area contributed by atoms with Crippen molar-refractivity contribution in [3.63, 3.8) is 0 Å². The SMILES string of the molecule is COc1ccc2c3c1O[C@H]1[C@@]4(OC)C=C[C@@]5([C@H]6[C@@H]4C(=O)CS6(=O)=O)[C@@H](C2)N(C)CC[C@]315. The van der Waals surface area contributed by atoms with Gasteiger partial charge in [-0.15, -0.1) is 0 Å². The predicted octanol–water partition coefficient (Wildman–Crippen LogP) is 0.891. The van der Waals surface area contributed by atoms with E-state index in [-0.39, 0.29) is 11.8 Å². The van der Waals surface area contributed by atoms with E-state index in [0.717, 1.165) is 24.9 Å². The maximum atomic E-state index is 13.6. The zero-order valence-electron chi connectivity index (χ0n) is 17.8. The molecular weight excluding hydrogens is 418 g/mol. The third-order valence-corrected chi connectivity index (χ3v) is 11.5. The summed E-state index contributed by atoms with van der Waals surface area (Å²) in [5.41, 5.74) is -0.131. The fourth-order valence-electron chi connectivity index (χ4n) is 8.53. The van der Waals surface area contributed by atoms with Gasteiger partial charge in [0.05, 0.1) is 23.7 Å². The van der Waals surface area contributed by atoms with Gasteiger partial charge in [-0.25, -0.2) is 8.42 Å². The van der Waals surface area contributed by atoms with Gasteiger partial charge < -0.3 is 19.1 Å². The van der Waals surface area contributed by atoms with Crippen LogP contribution in [0.2, 0.25) is 0 Å². The molecule has 164 valence electrons. The van der Waals surface area contributed by atoms with Crippen molar-refractivity contribution >= 4 is 15.6 Å². The van der Waals surface area contributed by atoms with Crippen molar-refractivity contribution in [2.45, 2.75) is 41.3 Å². The highest BCUT2D eigenvalue weighted by atomic mass is 32.2. The van der Waals surface area contributed by atoms with Crippen molar-refractivity contribution in [1.82, 2.24) is 4.90 Å². The van der Waals surface area contributed by atoms with Gasteiger partial charge in [-0.1, -0.05) is 18.2 Å². The van der Waals surface area contributed by atoms with Crippen molar-refractivity contribution < 1.29 is 27.4 Å². The van der Waals surface area contributed by atoms with Crippen LogP contribution in [0.1, 0.15) is 17.5 Å². The monoisotopic (exact) mass is 443 g/mol. The van der Waals surface area contributed by atoms with Crippen LogP contribution < -0.4 is 9.47 Å². The Morgan fingerprint density at radius 2 is 2.03 bits per heavy atom. The summed E-state index contributed by atoms with van der Waals surface area (Å²) < 4.78 is 45.7. The number of carbonyl (C=O) groups excluding carboxylic acids is 1. The van der Waals surface area contributed by atoms with E-state index in [9.17, 15) is 13.2 Å². The summed E-state index contributed by atoms with van der Waals surface area (Å²) in [7, 11) is 1.64. The average Bonchev–Trinajstić information content (AvgIpc) is 3.24. The van der Waals surface area contributed by atoms with Gasteiger partial charge in [0.1, 0.15) is 17.5 Å². The Morgan fingerprint density at radius 1 is 1.23 bits per heavy atom. The number of methoxy groups -OCH3 is 2. The van der Waals surface area contributed by atoms with Crippen LogP contribution in [0, 0.1) is 11.3 Å². The van der Waals surface area contributed by atoms with Crippen LogP contribution in [-0.2, 0) is 31.2 Å². The highest BCUT2D eigenvalue weighted by Crippen LogP contribution is 2.76. The first kappa shape index (κ1) is 18.7. The van der Waals surface area contributed by atoms with Gasteiger partial charge in [0, 0.05) is 24.1 Å². The topological polar surface area (TPSA) is 82.1 Å². The Balaban J connectivity index is 1.66. The molecule has 1 saturated carbocycles. The number of rotatable bonds is 2. The van der Waals surface area contributed by atoms with Crippen molar-refractivity contribution in [2.24, 2.45) is 11.3 Å². The summed E-state index contributed by atoms with van der Waals surface area (Å²) in [4.78, 5) is 15.5. The fraction of sp³-hybridized carbons (Fsp3) is 0.609. The number of sulfone groups is 1. The molecule has 1 aromatic rings. The molecule has 7 aliphatic rings. The minimum Gasteiger partial charge on any atom is -0.493 e. The van der Waals surface area contributed by atoms with Gasteiger partial charge >= 0.3 is 0 Å². The van der Waals surface area contributed by atoms with Gasteiger partial charge in [0.25, 0.3) is 0 Å². The number of ketones is 1. The molecule has 0 radical (unpaired) electrons. The molecule has 31 heavy (non-hydrogen) atoms. The average molecular weight is 444 g/mol. The number of likely N-dealkylation sites (tertiary alicyclic amines) is 1. The molecule has 4 bridgehead atoms. The number of piperidine rings is 1. The molecule has 7 atom stereocenters. The molecule has 2 spiro atoms. The quantitative estimate of drug-likeness (QED) is 0.628. The Labute approximate surface area is 181 Å². The van der Waals surface area contributed by atoms with Gasteiger partial charge in [-0.2, -0.15) is 0 Å². The van der Waals surface area contributed by atoms with E-state index in [4.69, 9.17) is 14.2 Å². The van der Waals surface area contributed by atoms with E-state index in [0.29, 0.717) is 11.5 Å². The molecule has 0 amide bonds. The van der Waals surface area contributed by atoms with E-state index < -0.39 is 49.3 Å². The molecule has 0 N–H and O–H groups in total. The maximum absolute atomic E-state index is 13.6. The number of Topliss-reactive ketones (excluding diaryl/α,β-unsaturated/α-hetero) is 1. The molecule has 3 fully saturated rings. The first-order valence-corrected chi connectivity index (χ1v) is 12.6.